The van der Waals surface area contributed by atoms with Crippen LogP contribution in [0.1, 0.15) is 16.1 Å². The summed E-state index contributed by atoms with van der Waals surface area (Å²) in [6.07, 6.45) is 7.10. The van der Waals surface area contributed by atoms with Gasteiger partial charge in [-0.05, 0) is 36.4 Å². The van der Waals surface area contributed by atoms with Crippen LogP contribution in [0.25, 0.3) is 5.65 Å². The van der Waals surface area contributed by atoms with Crippen LogP contribution in [-0.4, -0.2) is 20.3 Å². The molecule has 1 N–H and O–H groups in total. The van der Waals surface area contributed by atoms with Crippen molar-refractivity contribution in [1.29, 1.82) is 0 Å². The van der Waals surface area contributed by atoms with Gasteiger partial charge in [0, 0.05) is 30.5 Å². The number of imidazole rings is 1. The van der Waals surface area contributed by atoms with Gasteiger partial charge in [0.15, 0.2) is 0 Å². The van der Waals surface area contributed by atoms with Crippen LogP contribution in [0.2, 0.25) is 0 Å². The van der Waals surface area contributed by atoms with E-state index >= 15 is 0 Å². The fraction of sp³-hybridized carbons (Fsp3) is 0.0500. The van der Waals surface area contributed by atoms with Crippen molar-refractivity contribution in [2.75, 3.05) is 5.32 Å². The zero-order valence-electron chi connectivity index (χ0n) is 13.9. The van der Waals surface area contributed by atoms with E-state index in [0.29, 0.717) is 17.0 Å². The largest absolute Gasteiger partial charge is 0.486 e. The second kappa shape index (κ2) is 7.06. The number of ether oxygens (including phenoxy) is 1. The van der Waals surface area contributed by atoms with Crippen molar-refractivity contribution < 1.29 is 9.53 Å². The van der Waals surface area contributed by atoms with Gasteiger partial charge in [0.05, 0.1) is 11.3 Å². The highest BCUT2D eigenvalue weighted by Crippen LogP contribution is 2.21. The van der Waals surface area contributed by atoms with Crippen LogP contribution in [0.4, 0.5) is 5.69 Å². The minimum atomic E-state index is -0.234. The maximum absolute atomic E-state index is 12.6. The summed E-state index contributed by atoms with van der Waals surface area (Å²) in [5.74, 6) is 0.276. The van der Waals surface area contributed by atoms with Gasteiger partial charge in [-0.3, -0.25) is 9.78 Å². The van der Waals surface area contributed by atoms with Gasteiger partial charge in [-0.1, -0.05) is 18.2 Å². The molecule has 0 aliphatic carbocycles. The molecule has 1 amide bonds. The first-order chi connectivity index (χ1) is 12.8. The molecule has 0 fully saturated rings. The highest BCUT2D eigenvalue weighted by atomic mass is 16.5. The molecule has 0 saturated heterocycles. The number of fused-ring (bicyclic) bond motifs is 1. The topological polar surface area (TPSA) is 68.5 Å². The first kappa shape index (κ1) is 15.8. The molecule has 0 bridgehead atoms. The maximum atomic E-state index is 12.6. The molecular weight excluding hydrogens is 328 g/mol. The van der Waals surface area contributed by atoms with Crippen molar-refractivity contribution in [3.8, 4) is 5.75 Å². The quantitative estimate of drug-likeness (QED) is 0.601. The van der Waals surface area contributed by atoms with E-state index in [1.807, 2.05) is 41.1 Å². The van der Waals surface area contributed by atoms with E-state index in [1.165, 1.54) is 0 Å². The number of carbonyl (C=O) groups is 1. The summed E-state index contributed by atoms with van der Waals surface area (Å²) >= 11 is 0. The number of pyridine rings is 2. The van der Waals surface area contributed by atoms with Gasteiger partial charge in [0.1, 0.15) is 18.0 Å². The van der Waals surface area contributed by atoms with E-state index in [2.05, 4.69) is 15.3 Å². The number of anilines is 1. The zero-order valence-corrected chi connectivity index (χ0v) is 13.9. The Morgan fingerprint density at radius 3 is 2.69 bits per heavy atom. The Hall–Kier alpha value is -3.67. The van der Waals surface area contributed by atoms with Gasteiger partial charge in [0.2, 0.25) is 0 Å². The van der Waals surface area contributed by atoms with Gasteiger partial charge in [-0.15, -0.1) is 0 Å². The molecule has 3 aromatic heterocycles. The molecule has 0 atom stereocenters. The lowest BCUT2D eigenvalue weighted by Gasteiger charge is -2.11. The predicted octanol–water partition coefficient (Wildman–Crippen LogP) is 3.56. The second-order valence-corrected chi connectivity index (χ2v) is 5.67. The van der Waals surface area contributed by atoms with Crippen molar-refractivity contribution in [1.82, 2.24) is 14.4 Å². The fourth-order valence-corrected chi connectivity index (χ4v) is 2.62. The minimum absolute atomic E-state index is 0.234. The molecule has 4 aromatic rings. The van der Waals surface area contributed by atoms with Gasteiger partial charge in [0.25, 0.3) is 5.91 Å². The molecule has 0 aliphatic rings. The Balaban J connectivity index is 1.51. The molecule has 128 valence electrons. The molecular formula is C20H16N4O2. The van der Waals surface area contributed by atoms with E-state index < -0.39 is 0 Å². The third-order valence-corrected chi connectivity index (χ3v) is 3.86. The molecule has 0 radical (unpaired) electrons. The van der Waals surface area contributed by atoms with Gasteiger partial charge >= 0.3 is 0 Å². The third kappa shape index (κ3) is 3.39. The summed E-state index contributed by atoms with van der Waals surface area (Å²) in [4.78, 5) is 21.0. The molecule has 4 rings (SSSR count). The van der Waals surface area contributed by atoms with Crippen molar-refractivity contribution in [3.05, 3.63) is 90.6 Å². The Morgan fingerprint density at radius 2 is 1.85 bits per heavy atom. The van der Waals surface area contributed by atoms with Gasteiger partial charge < -0.3 is 14.5 Å². The lowest BCUT2D eigenvalue weighted by atomic mass is 10.2. The highest BCUT2D eigenvalue weighted by Gasteiger charge is 2.13. The second-order valence-electron chi connectivity index (χ2n) is 5.67. The summed E-state index contributed by atoms with van der Waals surface area (Å²) in [5, 5.41) is 2.84. The fourth-order valence-electron chi connectivity index (χ4n) is 2.62. The van der Waals surface area contributed by atoms with Crippen molar-refractivity contribution in [3.63, 3.8) is 0 Å². The SMILES string of the molecule is O=C(Nc1ccncc1)c1ccccc1OCc1cn2ccccc2n1. The normalized spacial score (nSPS) is 10.6. The maximum Gasteiger partial charge on any atom is 0.259 e. The summed E-state index contributed by atoms with van der Waals surface area (Å²) in [7, 11) is 0. The summed E-state index contributed by atoms with van der Waals surface area (Å²) in [6, 6.07) is 16.4. The number of aromatic nitrogens is 3. The average molecular weight is 344 g/mol. The standard InChI is InChI=1S/C20H16N4O2/c25-20(23-15-8-10-21-11-9-15)17-5-1-2-6-18(17)26-14-16-13-24-12-4-3-7-19(24)22-16/h1-13H,14H2,(H,21,23,25). The molecule has 6 nitrogen and oxygen atoms in total. The molecule has 0 unspecified atom stereocenters. The molecule has 6 heteroatoms. The minimum Gasteiger partial charge on any atom is -0.486 e. The highest BCUT2D eigenvalue weighted by molar-refractivity contribution is 6.06. The van der Waals surface area contributed by atoms with Crippen LogP contribution < -0.4 is 10.1 Å². The number of hydrogen-bond donors (Lipinski definition) is 1. The number of amides is 1. The van der Waals surface area contributed by atoms with Crippen LogP contribution in [0, 0.1) is 0 Å². The molecule has 1 aromatic carbocycles. The van der Waals surface area contributed by atoms with Gasteiger partial charge in [-0.25, -0.2) is 4.98 Å². The van der Waals surface area contributed by atoms with Crippen LogP contribution in [0.15, 0.2) is 79.4 Å². The summed E-state index contributed by atoms with van der Waals surface area (Å²) in [5.41, 5.74) is 2.79. The van der Waals surface area contributed by atoms with E-state index in [4.69, 9.17) is 4.74 Å². The van der Waals surface area contributed by atoms with E-state index in [-0.39, 0.29) is 12.5 Å². The molecule has 0 spiro atoms. The lowest BCUT2D eigenvalue weighted by Crippen LogP contribution is -2.13. The number of carbonyl (C=O) groups excluding carboxylic acids is 1. The van der Waals surface area contributed by atoms with E-state index in [0.717, 1.165) is 11.3 Å². The van der Waals surface area contributed by atoms with Crippen molar-refractivity contribution in [2.45, 2.75) is 6.61 Å². The Labute approximate surface area is 150 Å². The Kier molecular flexibility index (Phi) is 4.30. The van der Waals surface area contributed by atoms with E-state index in [9.17, 15) is 4.79 Å². The smallest absolute Gasteiger partial charge is 0.259 e. The molecule has 0 saturated carbocycles. The number of para-hydroxylation sites is 1. The number of rotatable bonds is 5. The monoisotopic (exact) mass is 344 g/mol. The molecule has 26 heavy (non-hydrogen) atoms. The number of benzene rings is 1. The number of hydrogen-bond acceptors (Lipinski definition) is 4. The zero-order chi connectivity index (χ0) is 17.8. The number of nitrogens with zero attached hydrogens (tertiary/aromatic N) is 3. The van der Waals surface area contributed by atoms with E-state index in [1.54, 1.807) is 42.7 Å². The summed E-state index contributed by atoms with van der Waals surface area (Å²) in [6.45, 7) is 0.279. The van der Waals surface area contributed by atoms with Gasteiger partial charge in [-0.2, -0.15) is 0 Å². The number of nitrogens with one attached hydrogen (secondary N) is 1. The molecule has 0 aliphatic heterocycles. The first-order valence-corrected chi connectivity index (χ1v) is 8.15. The molecule has 3 heterocycles. The van der Waals surface area contributed by atoms with Crippen LogP contribution in [0.5, 0.6) is 5.75 Å². The van der Waals surface area contributed by atoms with Crippen molar-refractivity contribution >= 4 is 17.2 Å². The van der Waals surface area contributed by atoms with Crippen LogP contribution >= 0.6 is 0 Å². The Morgan fingerprint density at radius 1 is 1.04 bits per heavy atom. The first-order valence-electron chi connectivity index (χ1n) is 8.15. The summed E-state index contributed by atoms with van der Waals surface area (Å²) < 4.78 is 7.79. The van der Waals surface area contributed by atoms with Crippen LogP contribution in [0.3, 0.4) is 0 Å². The third-order valence-electron chi connectivity index (χ3n) is 3.86. The van der Waals surface area contributed by atoms with Crippen molar-refractivity contribution in [2.24, 2.45) is 0 Å². The van der Waals surface area contributed by atoms with Crippen LogP contribution in [-0.2, 0) is 6.61 Å². The average Bonchev–Trinajstić information content (AvgIpc) is 3.10. The Bertz CT molecular complexity index is 1010. The lowest BCUT2D eigenvalue weighted by molar-refractivity contribution is 0.102. The predicted molar refractivity (Wildman–Crippen MR) is 98.2 cm³/mol.